The monoisotopic (exact) mass is 278 g/mol. The third kappa shape index (κ3) is 3.90. The summed E-state index contributed by atoms with van der Waals surface area (Å²) in [4.78, 5) is 12.2. The van der Waals surface area contributed by atoms with Gasteiger partial charge in [0.1, 0.15) is 0 Å². The van der Waals surface area contributed by atoms with Gasteiger partial charge < -0.3 is 10.6 Å². The molecule has 0 saturated carbocycles. The van der Waals surface area contributed by atoms with Gasteiger partial charge in [0.05, 0.1) is 5.69 Å². The molecule has 0 spiro atoms. The molecule has 0 fully saturated rings. The van der Waals surface area contributed by atoms with E-state index in [1.807, 2.05) is 35.4 Å². The van der Waals surface area contributed by atoms with Gasteiger partial charge in [-0.15, -0.1) is 11.3 Å². The highest BCUT2D eigenvalue weighted by molar-refractivity contribution is 7.10. The maximum absolute atomic E-state index is 11.0. The predicted octanol–water partition coefficient (Wildman–Crippen LogP) is 1.77. The highest BCUT2D eigenvalue weighted by Gasteiger charge is 2.05. The number of carbonyl (C=O) groups excluding carboxylic acids is 1. The van der Waals surface area contributed by atoms with Crippen molar-refractivity contribution in [3.63, 3.8) is 0 Å². The van der Waals surface area contributed by atoms with Crippen molar-refractivity contribution in [1.82, 2.24) is 15.1 Å². The van der Waals surface area contributed by atoms with Gasteiger partial charge in [0.25, 0.3) is 0 Å². The van der Waals surface area contributed by atoms with Crippen LogP contribution in [0.3, 0.4) is 0 Å². The van der Waals surface area contributed by atoms with Crippen LogP contribution in [0, 0.1) is 0 Å². The van der Waals surface area contributed by atoms with Crippen molar-refractivity contribution >= 4 is 22.9 Å². The fourth-order valence-corrected chi connectivity index (χ4v) is 2.64. The van der Waals surface area contributed by atoms with Crippen LogP contribution >= 0.6 is 11.3 Å². The Kier molecular flexibility index (Phi) is 4.70. The Morgan fingerprint density at radius 2 is 2.32 bits per heavy atom. The summed E-state index contributed by atoms with van der Waals surface area (Å²) in [5.74, 6) is -0.0328. The summed E-state index contributed by atoms with van der Waals surface area (Å²) in [5.41, 5.74) is 2.12. The fraction of sp³-hybridized carbons (Fsp3) is 0.385. The molecule has 2 rings (SSSR count). The number of anilines is 1. The van der Waals surface area contributed by atoms with E-state index in [9.17, 15) is 4.79 Å². The summed E-state index contributed by atoms with van der Waals surface area (Å²) in [5, 5.41) is 12.3. The fourth-order valence-electron chi connectivity index (χ4n) is 1.84. The van der Waals surface area contributed by atoms with E-state index >= 15 is 0 Å². The third-order valence-electron chi connectivity index (χ3n) is 2.82. The minimum absolute atomic E-state index is 0.0328. The van der Waals surface area contributed by atoms with Crippen LogP contribution in [0.15, 0.2) is 23.7 Å². The molecule has 0 aromatic carbocycles. The standard InChI is InChI=1S/C13H18N4OS/c1-10(18)16-12-5-8-19-13(12)9-14-6-3-11-4-7-15-17(11)2/h4-5,7-8,14H,3,6,9H2,1-2H3,(H,16,18). The molecule has 19 heavy (non-hydrogen) atoms. The van der Waals surface area contributed by atoms with E-state index in [0.717, 1.165) is 30.1 Å². The molecule has 0 aliphatic carbocycles. The van der Waals surface area contributed by atoms with Gasteiger partial charge in [0.15, 0.2) is 0 Å². The van der Waals surface area contributed by atoms with Crippen molar-refractivity contribution in [3.05, 3.63) is 34.3 Å². The first-order valence-corrected chi connectivity index (χ1v) is 7.06. The van der Waals surface area contributed by atoms with Crippen LogP contribution in [0.4, 0.5) is 5.69 Å². The van der Waals surface area contributed by atoms with Crippen molar-refractivity contribution in [3.8, 4) is 0 Å². The van der Waals surface area contributed by atoms with E-state index in [0.29, 0.717) is 0 Å². The lowest BCUT2D eigenvalue weighted by Gasteiger charge is -2.06. The average molecular weight is 278 g/mol. The number of thiophene rings is 1. The Morgan fingerprint density at radius 3 is 3.00 bits per heavy atom. The number of nitrogens with one attached hydrogen (secondary N) is 2. The number of amides is 1. The number of hydrogen-bond acceptors (Lipinski definition) is 4. The molecule has 0 bridgehead atoms. The molecule has 0 aliphatic rings. The first-order chi connectivity index (χ1) is 9.16. The van der Waals surface area contributed by atoms with Crippen LogP contribution in [0.5, 0.6) is 0 Å². The van der Waals surface area contributed by atoms with Crippen LogP contribution < -0.4 is 10.6 Å². The Labute approximate surface area is 116 Å². The Hall–Kier alpha value is -1.66. The quantitative estimate of drug-likeness (QED) is 0.792. The lowest BCUT2D eigenvalue weighted by molar-refractivity contribution is -0.114. The average Bonchev–Trinajstić information content (AvgIpc) is 2.94. The summed E-state index contributed by atoms with van der Waals surface area (Å²) >= 11 is 1.65. The number of carbonyl (C=O) groups is 1. The van der Waals surface area contributed by atoms with Crippen molar-refractivity contribution < 1.29 is 4.79 Å². The van der Waals surface area contributed by atoms with Crippen molar-refractivity contribution in [2.24, 2.45) is 7.05 Å². The topological polar surface area (TPSA) is 59.0 Å². The van der Waals surface area contributed by atoms with Crippen molar-refractivity contribution in [1.29, 1.82) is 0 Å². The van der Waals surface area contributed by atoms with Gasteiger partial charge >= 0.3 is 0 Å². The molecule has 0 saturated heterocycles. The minimum atomic E-state index is -0.0328. The van der Waals surface area contributed by atoms with E-state index in [2.05, 4.69) is 15.7 Å². The molecule has 2 aromatic rings. The molecule has 1 amide bonds. The van der Waals surface area contributed by atoms with Gasteiger partial charge in [-0.05, 0) is 17.5 Å². The second kappa shape index (κ2) is 6.49. The van der Waals surface area contributed by atoms with Gasteiger partial charge in [-0.1, -0.05) is 0 Å². The zero-order valence-corrected chi connectivity index (χ0v) is 12.0. The molecule has 6 heteroatoms. The highest BCUT2D eigenvalue weighted by Crippen LogP contribution is 2.21. The van der Waals surface area contributed by atoms with E-state index < -0.39 is 0 Å². The summed E-state index contributed by atoms with van der Waals surface area (Å²) < 4.78 is 1.88. The van der Waals surface area contributed by atoms with Crippen LogP contribution in [0.1, 0.15) is 17.5 Å². The molecule has 2 heterocycles. The number of nitrogens with zero attached hydrogens (tertiary/aromatic N) is 2. The van der Waals surface area contributed by atoms with Gasteiger partial charge in [0, 0.05) is 50.2 Å². The maximum atomic E-state index is 11.0. The molecule has 0 radical (unpaired) electrons. The normalized spacial score (nSPS) is 10.6. The second-order valence-electron chi connectivity index (χ2n) is 4.31. The molecule has 2 aromatic heterocycles. The van der Waals surface area contributed by atoms with Crippen LogP contribution in [0.2, 0.25) is 0 Å². The molecule has 2 N–H and O–H groups in total. The summed E-state index contributed by atoms with van der Waals surface area (Å²) in [6.45, 7) is 3.18. The molecule has 0 atom stereocenters. The number of rotatable bonds is 6. The van der Waals surface area contributed by atoms with E-state index in [1.54, 1.807) is 11.3 Å². The Bertz CT molecular complexity index is 546. The number of aryl methyl sites for hydroxylation is 1. The van der Waals surface area contributed by atoms with Crippen LogP contribution in [-0.2, 0) is 24.8 Å². The Morgan fingerprint density at radius 1 is 1.47 bits per heavy atom. The molecule has 5 nitrogen and oxygen atoms in total. The molecular weight excluding hydrogens is 260 g/mol. The minimum Gasteiger partial charge on any atom is -0.325 e. The molecule has 102 valence electrons. The molecule has 0 unspecified atom stereocenters. The second-order valence-corrected chi connectivity index (χ2v) is 5.31. The van der Waals surface area contributed by atoms with E-state index in [1.165, 1.54) is 12.6 Å². The van der Waals surface area contributed by atoms with Gasteiger partial charge in [-0.25, -0.2) is 0 Å². The Balaban J connectivity index is 1.78. The maximum Gasteiger partial charge on any atom is 0.221 e. The third-order valence-corrected chi connectivity index (χ3v) is 3.74. The number of hydrogen-bond donors (Lipinski definition) is 2. The van der Waals surface area contributed by atoms with Crippen LogP contribution in [0.25, 0.3) is 0 Å². The number of aromatic nitrogens is 2. The van der Waals surface area contributed by atoms with Gasteiger partial charge in [-0.2, -0.15) is 5.10 Å². The SMILES string of the molecule is CC(=O)Nc1ccsc1CNCCc1ccnn1C. The zero-order chi connectivity index (χ0) is 13.7. The molecule has 0 aliphatic heterocycles. The molecular formula is C13H18N4OS. The van der Waals surface area contributed by atoms with E-state index in [4.69, 9.17) is 0 Å². The largest absolute Gasteiger partial charge is 0.325 e. The lowest BCUT2D eigenvalue weighted by atomic mass is 10.3. The predicted molar refractivity (Wildman–Crippen MR) is 77.2 cm³/mol. The van der Waals surface area contributed by atoms with E-state index in [-0.39, 0.29) is 5.91 Å². The summed E-state index contributed by atoms with van der Waals surface area (Å²) in [7, 11) is 1.95. The van der Waals surface area contributed by atoms with Crippen molar-refractivity contribution in [2.45, 2.75) is 19.9 Å². The highest BCUT2D eigenvalue weighted by atomic mass is 32.1. The summed E-state index contributed by atoms with van der Waals surface area (Å²) in [6, 6.07) is 3.96. The van der Waals surface area contributed by atoms with Gasteiger partial charge in [0.2, 0.25) is 5.91 Å². The lowest BCUT2D eigenvalue weighted by Crippen LogP contribution is -2.18. The van der Waals surface area contributed by atoms with Crippen LogP contribution in [-0.4, -0.2) is 22.2 Å². The smallest absolute Gasteiger partial charge is 0.221 e. The first-order valence-electron chi connectivity index (χ1n) is 6.18. The zero-order valence-electron chi connectivity index (χ0n) is 11.1. The summed E-state index contributed by atoms with van der Waals surface area (Å²) in [6.07, 6.45) is 2.75. The van der Waals surface area contributed by atoms with Gasteiger partial charge in [-0.3, -0.25) is 9.48 Å². The first kappa shape index (κ1) is 13.8. The van der Waals surface area contributed by atoms with Crippen molar-refractivity contribution in [2.75, 3.05) is 11.9 Å².